The van der Waals surface area contributed by atoms with Crippen molar-refractivity contribution in [1.29, 1.82) is 0 Å². The van der Waals surface area contributed by atoms with E-state index in [0.717, 1.165) is 96.3 Å². The Balaban J connectivity index is 4.37. The van der Waals surface area contributed by atoms with Crippen LogP contribution >= 0.6 is 0 Å². The van der Waals surface area contributed by atoms with E-state index in [1.807, 2.05) is 0 Å². The summed E-state index contributed by atoms with van der Waals surface area (Å²) in [7, 11) is 0. The lowest BCUT2D eigenvalue weighted by molar-refractivity contribution is -0.167. The van der Waals surface area contributed by atoms with Crippen LogP contribution in [0.25, 0.3) is 0 Å². The highest BCUT2D eigenvalue weighted by Gasteiger charge is 2.19. The van der Waals surface area contributed by atoms with E-state index in [-0.39, 0.29) is 31.1 Å². The first-order valence-electron chi connectivity index (χ1n) is 30.3. The molecule has 0 spiro atoms. The predicted octanol–water partition coefficient (Wildman–Crippen LogP) is 20.4. The molecule has 406 valence electrons. The standard InChI is InChI=1S/C64H114O6/c1-4-7-10-13-16-19-22-25-28-31-32-34-36-39-42-45-48-51-54-57-63(66)69-60-61(59-68-62(65)56-53-50-47-44-41-38-35-30-27-24-21-18-15-12-9-6-3)70-64(67)58-55-52-49-46-43-40-37-33-29-26-23-20-17-14-11-8-5-2/h9,12,17-18,20-21,26-27,29-30,61H,4-8,10-11,13-16,19,22-25,28,31-60H2,1-3H3/b12-9-,20-17-,21-18-,29-26-,30-27-. The molecular formula is C64H114O6. The van der Waals surface area contributed by atoms with E-state index in [4.69, 9.17) is 14.2 Å². The van der Waals surface area contributed by atoms with Crippen molar-refractivity contribution in [3.8, 4) is 0 Å². The fourth-order valence-electron chi connectivity index (χ4n) is 8.72. The van der Waals surface area contributed by atoms with Crippen molar-refractivity contribution in [3.05, 3.63) is 60.8 Å². The van der Waals surface area contributed by atoms with E-state index in [1.54, 1.807) is 0 Å². The summed E-state index contributed by atoms with van der Waals surface area (Å²) in [6, 6.07) is 0. The van der Waals surface area contributed by atoms with E-state index in [9.17, 15) is 14.4 Å². The Hall–Kier alpha value is -2.89. The van der Waals surface area contributed by atoms with Crippen LogP contribution in [0.5, 0.6) is 0 Å². The second-order valence-corrected chi connectivity index (χ2v) is 20.2. The van der Waals surface area contributed by atoms with Crippen molar-refractivity contribution in [3.63, 3.8) is 0 Å². The minimum absolute atomic E-state index is 0.0789. The smallest absolute Gasteiger partial charge is 0.306 e. The Morgan fingerprint density at radius 2 is 0.557 bits per heavy atom. The number of ether oxygens (including phenoxy) is 3. The molecule has 0 radical (unpaired) electrons. The van der Waals surface area contributed by atoms with Gasteiger partial charge >= 0.3 is 17.9 Å². The zero-order valence-electron chi connectivity index (χ0n) is 46.5. The molecule has 0 N–H and O–H groups in total. The monoisotopic (exact) mass is 979 g/mol. The maximum Gasteiger partial charge on any atom is 0.306 e. The van der Waals surface area contributed by atoms with Gasteiger partial charge in [-0.05, 0) is 83.5 Å². The van der Waals surface area contributed by atoms with Crippen molar-refractivity contribution in [2.45, 2.75) is 316 Å². The summed E-state index contributed by atoms with van der Waals surface area (Å²) in [5.74, 6) is -0.885. The van der Waals surface area contributed by atoms with Gasteiger partial charge in [0, 0.05) is 19.3 Å². The summed E-state index contributed by atoms with van der Waals surface area (Å²) < 4.78 is 16.9. The van der Waals surface area contributed by atoms with Crippen LogP contribution < -0.4 is 0 Å². The summed E-state index contributed by atoms with van der Waals surface area (Å²) in [6.45, 7) is 6.53. The minimum atomic E-state index is -0.783. The largest absolute Gasteiger partial charge is 0.462 e. The Morgan fingerprint density at radius 3 is 0.900 bits per heavy atom. The van der Waals surface area contributed by atoms with Gasteiger partial charge in [0.25, 0.3) is 0 Å². The topological polar surface area (TPSA) is 78.9 Å². The molecule has 0 amide bonds. The molecule has 0 aromatic carbocycles. The molecule has 70 heavy (non-hydrogen) atoms. The molecule has 0 saturated carbocycles. The molecular weight excluding hydrogens is 865 g/mol. The van der Waals surface area contributed by atoms with Crippen molar-refractivity contribution < 1.29 is 28.6 Å². The molecule has 1 unspecified atom stereocenters. The molecule has 0 aliphatic carbocycles. The van der Waals surface area contributed by atoms with Crippen molar-refractivity contribution in [2.75, 3.05) is 13.2 Å². The van der Waals surface area contributed by atoms with Gasteiger partial charge in [-0.1, -0.05) is 268 Å². The molecule has 1 atom stereocenters. The molecule has 0 aliphatic rings. The third-order valence-corrected chi connectivity index (χ3v) is 13.3. The van der Waals surface area contributed by atoms with Gasteiger partial charge in [-0.15, -0.1) is 0 Å². The first-order valence-corrected chi connectivity index (χ1v) is 30.3. The average Bonchev–Trinajstić information content (AvgIpc) is 3.36. The van der Waals surface area contributed by atoms with Gasteiger partial charge in [0.1, 0.15) is 13.2 Å². The molecule has 0 saturated heterocycles. The second-order valence-electron chi connectivity index (χ2n) is 20.2. The molecule has 6 nitrogen and oxygen atoms in total. The van der Waals surface area contributed by atoms with Gasteiger partial charge in [-0.2, -0.15) is 0 Å². The molecule has 0 heterocycles. The van der Waals surface area contributed by atoms with E-state index in [2.05, 4.69) is 81.5 Å². The maximum absolute atomic E-state index is 12.9. The Kier molecular flexibility index (Phi) is 56.3. The fraction of sp³-hybridized carbons (Fsp3) is 0.797. The van der Waals surface area contributed by atoms with Gasteiger partial charge in [0.15, 0.2) is 6.10 Å². The third kappa shape index (κ3) is 56.0. The van der Waals surface area contributed by atoms with Crippen LogP contribution in [-0.4, -0.2) is 37.2 Å². The van der Waals surface area contributed by atoms with Crippen LogP contribution in [0.1, 0.15) is 310 Å². The fourth-order valence-corrected chi connectivity index (χ4v) is 8.72. The number of carbonyl (C=O) groups excluding carboxylic acids is 3. The molecule has 0 bridgehead atoms. The summed E-state index contributed by atoms with van der Waals surface area (Å²) >= 11 is 0. The van der Waals surface area contributed by atoms with Crippen molar-refractivity contribution in [1.82, 2.24) is 0 Å². The lowest BCUT2D eigenvalue weighted by Gasteiger charge is -2.18. The summed E-state index contributed by atoms with van der Waals surface area (Å²) in [4.78, 5) is 38.2. The summed E-state index contributed by atoms with van der Waals surface area (Å²) in [6.07, 6.45) is 73.5. The second kappa shape index (κ2) is 58.7. The van der Waals surface area contributed by atoms with E-state index in [1.165, 1.54) is 173 Å². The lowest BCUT2D eigenvalue weighted by Crippen LogP contribution is -2.30. The summed E-state index contributed by atoms with van der Waals surface area (Å²) in [5.41, 5.74) is 0. The normalized spacial score (nSPS) is 12.4. The van der Waals surface area contributed by atoms with E-state index in [0.29, 0.717) is 19.3 Å². The van der Waals surface area contributed by atoms with Crippen LogP contribution in [0, 0.1) is 0 Å². The van der Waals surface area contributed by atoms with Gasteiger partial charge in [0.05, 0.1) is 0 Å². The minimum Gasteiger partial charge on any atom is -0.462 e. The molecule has 0 aromatic heterocycles. The van der Waals surface area contributed by atoms with Crippen LogP contribution in [0.15, 0.2) is 60.8 Å². The highest BCUT2D eigenvalue weighted by Crippen LogP contribution is 2.17. The van der Waals surface area contributed by atoms with Gasteiger partial charge in [-0.25, -0.2) is 0 Å². The van der Waals surface area contributed by atoms with Crippen LogP contribution in [-0.2, 0) is 28.6 Å². The maximum atomic E-state index is 12.9. The van der Waals surface area contributed by atoms with Crippen LogP contribution in [0.4, 0.5) is 0 Å². The quantitative estimate of drug-likeness (QED) is 0.0261. The number of hydrogen-bond acceptors (Lipinski definition) is 6. The van der Waals surface area contributed by atoms with Crippen LogP contribution in [0.3, 0.4) is 0 Å². The number of carbonyl (C=O) groups is 3. The lowest BCUT2D eigenvalue weighted by atomic mass is 10.0. The molecule has 0 aliphatic heterocycles. The van der Waals surface area contributed by atoms with Gasteiger partial charge in [-0.3, -0.25) is 14.4 Å². The first kappa shape index (κ1) is 67.1. The molecule has 0 fully saturated rings. The number of rotatable bonds is 55. The average molecular weight is 980 g/mol. The highest BCUT2D eigenvalue weighted by molar-refractivity contribution is 5.71. The summed E-state index contributed by atoms with van der Waals surface area (Å²) in [5, 5.41) is 0. The highest BCUT2D eigenvalue weighted by atomic mass is 16.6. The van der Waals surface area contributed by atoms with Crippen molar-refractivity contribution in [2.24, 2.45) is 0 Å². The van der Waals surface area contributed by atoms with E-state index < -0.39 is 6.10 Å². The van der Waals surface area contributed by atoms with Gasteiger partial charge in [0.2, 0.25) is 0 Å². The molecule has 0 rings (SSSR count). The van der Waals surface area contributed by atoms with Gasteiger partial charge < -0.3 is 14.2 Å². The third-order valence-electron chi connectivity index (χ3n) is 13.3. The number of esters is 3. The molecule has 6 heteroatoms. The Morgan fingerprint density at radius 1 is 0.300 bits per heavy atom. The molecule has 0 aromatic rings. The van der Waals surface area contributed by atoms with E-state index >= 15 is 0 Å². The first-order chi connectivity index (χ1) is 34.5. The zero-order valence-corrected chi connectivity index (χ0v) is 46.5. The van der Waals surface area contributed by atoms with Crippen molar-refractivity contribution >= 4 is 17.9 Å². The predicted molar refractivity (Wildman–Crippen MR) is 302 cm³/mol. The zero-order chi connectivity index (χ0) is 50.7. The number of hydrogen-bond donors (Lipinski definition) is 0. The Bertz CT molecular complexity index is 1260. The SMILES string of the molecule is CC/C=C\C/C=C\C/C=C\CCCCCCCCC(=O)OCC(COC(=O)CCCCCCCCCCCCCCCCCCCCC)OC(=O)CCCCCCCCC/C=C\C/C=C\CCCCC. The number of allylic oxidation sites excluding steroid dienone is 10. The number of unbranched alkanes of at least 4 members (excludes halogenated alkanes) is 34. The Labute approximate surface area is 434 Å². The van der Waals surface area contributed by atoms with Crippen LogP contribution in [0.2, 0.25) is 0 Å².